The summed E-state index contributed by atoms with van der Waals surface area (Å²) < 4.78 is 2.01. The third kappa shape index (κ3) is 3.63. The molecule has 6 heteroatoms. The summed E-state index contributed by atoms with van der Waals surface area (Å²) >= 11 is 0. The average Bonchev–Trinajstić information content (AvgIpc) is 3.30. The lowest BCUT2D eigenvalue weighted by atomic mass is 9.77. The van der Waals surface area contributed by atoms with Crippen molar-refractivity contribution in [1.29, 1.82) is 0 Å². The van der Waals surface area contributed by atoms with Gasteiger partial charge in [-0.1, -0.05) is 19.3 Å². The second-order valence-corrected chi connectivity index (χ2v) is 8.66. The zero-order valence-electron chi connectivity index (χ0n) is 16.5. The first-order valence-electron chi connectivity index (χ1n) is 10.7. The van der Waals surface area contributed by atoms with Crippen LogP contribution in [0.25, 0.3) is 0 Å². The Bertz CT molecular complexity index is 694. The van der Waals surface area contributed by atoms with Gasteiger partial charge in [0.15, 0.2) is 0 Å². The van der Waals surface area contributed by atoms with Gasteiger partial charge in [0.25, 0.3) is 0 Å². The molecule has 2 amide bonds. The predicted molar refractivity (Wildman–Crippen MR) is 103 cm³/mol. The van der Waals surface area contributed by atoms with Crippen LogP contribution in [0.4, 0.5) is 0 Å². The molecule has 1 aromatic rings. The average molecular weight is 373 g/mol. The lowest BCUT2D eigenvalue weighted by molar-refractivity contribution is -0.149. The van der Waals surface area contributed by atoms with Crippen molar-refractivity contribution in [3.8, 4) is 0 Å². The number of aryl methyl sites for hydroxylation is 2. The van der Waals surface area contributed by atoms with E-state index in [9.17, 15) is 9.59 Å². The topological polar surface area (TPSA) is 58.4 Å². The van der Waals surface area contributed by atoms with Gasteiger partial charge in [0, 0.05) is 51.0 Å². The fourth-order valence-electron chi connectivity index (χ4n) is 5.32. The molecule has 1 aromatic heterocycles. The standard InChI is InChI=1S/C21H32N4O2/c1-17-22-11-15-23(17)13-8-19(26)24-14-10-21(16-24)9-5-12-25(20(21)27)18-6-3-2-4-7-18/h11,15,18H,2-10,12-14,16H2,1H3. The second-order valence-electron chi connectivity index (χ2n) is 8.66. The molecule has 2 aliphatic heterocycles. The number of aromatic nitrogens is 2. The van der Waals surface area contributed by atoms with Gasteiger partial charge in [0.2, 0.25) is 11.8 Å². The number of hydrogen-bond acceptors (Lipinski definition) is 3. The highest BCUT2D eigenvalue weighted by molar-refractivity contribution is 5.86. The summed E-state index contributed by atoms with van der Waals surface area (Å²) in [6.07, 6.45) is 13.2. The van der Waals surface area contributed by atoms with Crippen LogP contribution in [-0.4, -0.2) is 56.8 Å². The van der Waals surface area contributed by atoms with Crippen LogP contribution in [0.2, 0.25) is 0 Å². The molecule has 4 rings (SSSR count). The SMILES string of the molecule is Cc1nccn1CCC(=O)N1CCC2(CCCN(C3CCCCC3)C2=O)C1. The van der Waals surface area contributed by atoms with Crippen LogP contribution in [0.3, 0.4) is 0 Å². The van der Waals surface area contributed by atoms with Crippen molar-refractivity contribution in [1.82, 2.24) is 19.4 Å². The first kappa shape index (κ1) is 18.5. The molecular weight excluding hydrogens is 340 g/mol. The van der Waals surface area contributed by atoms with E-state index in [1.54, 1.807) is 6.20 Å². The summed E-state index contributed by atoms with van der Waals surface area (Å²) in [4.78, 5) is 34.5. The second kappa shape index (κ2) is 7.64. The van der Waals surface area contributed by atoms with Crippen LogP contribution >= 0.6 is 0 Å². The van der Waals surface area contributed by atoms with Crippen molar-refractivity contribution in [2.75, 3.05) is 19.6 Å². The molecule has 1 saturated carbocycles. The summed E-state index contributed by atoms with van der Waals surface area (Å²) in [5.41, 5.74) is -0.309. The zero-order chi connectivity index (χ0) is 18.9. The van der Waals surface area contributed by atoms with Crippen molar-refractivity contribution >= 4 is 11.8 Å². The van der Waals surface area contributed by atoms with Crippen LogP contribution in [0.15, 0.2) is 12.4 Å². The van der Waals surface area contributed by atoms with E-state index in [1.807, 2.05) is 22.6 Å². The van der Waals surface area contributed by atoms with E-state index in [-0.39, 0.29) is 11.3 Å². The maximum absolute atomic E-state index is 13.4. The molecule has 27 heavy (non-hydrogen) atoms. The molecule has 0 aromatic carbocycles. The fraction of sp³-hybridized carbons (Fsp3) is 0.762. The minimum atomic E-state index is -0.309. The summed E-state index contributed by atoms with van der Waals surface area (Å²) in [5, 5.41) is 0. The van der Waals surface area contributed by atoms with Gasteiger partial charge in [-0.25, -0.2) is 4.98 Å². The van der Waals surface area contributed by atoms with Gasteiger partial charge in [-0.05, 0) is 39.0 Å². The Morgan fingerprint density at radius 3 is 2.74 bits per heavy atom. The first-order valence-corrected chi connectivity index (χ1v) is 10.7. The van der Waals surface area contributed by atoms with E-state index < -0.39 is 0 Å². The van der Waals surface area contributed by atoms with Crippen LogP contribution in [0.1, 0.15) is 63.6 Å². The Balaban J connectivity index is 1.37. The molecule has 0 bridgehead atoms. The molecule has 1 atom stereocenters. The molecule has 1 unspecified atom stereocenters. The first-order chi connectivity index (χ1) is 13.1. The number of hydrogen-bond donors (Lipinski definition) is 0. The third-order valence-electron chi connectivity index (χ3n) is 6.98. The smallest absolute Gasteiger partial charge is 0.230 e. The van der Waals surface area contributed by atoms with Crippen molar-refractivity contribution in [3.05, 3.63) is 18.2 Å². The number of rotatable bonds is 4. The number of imidazole rings is 1. The Kier molecular flexibility index (Phi) is 5.24. The minimum absolute atomic E-state index is 0.169. The zero-order valence-corrected chi connectivity index (χ0v) is 16.5. The molecule has 0 radical (unpaired) electrons. The van der Waals surface area contributed by atoms with Gasteiger partial charge in [0.1, 0.15) is 5.82 Å². The highest BCUT2D eigenvalue weighted by Crippen LogP contribution is 2.42. The van der Waals surface area contributed by atoms with Crippen LogP contribution < -0.4 is 0 Å². The van der Waals surface area contributed by atoms with Gasteiger partial charge in [0.05, 0.1) is 5.41 Å². The normalized spacial score (nSPS) is 26.9. The quantitative estimate of drug-likeness (QED) is 0.817. The van der Waals surface area contributed by atoms with Gasteiger partial charge in [-0.2, -0.15) is 0 Å². The van der Waals surface area contributed by atoms with Gasteiger partial charge in [-0.15, -0.1) is 0 Å². The van der Waals surface area contributed by atoms with E-state index in [0.29, 0.717) is 31.5 Å². The maximum atomic E-state index is 13.4. The molecule has 3 heterocycles. The third-order valence-corrected chi connectivity index (χ3v) is 6.98. The van der Waals surface area contributed by atoms with E-state index >= 15 is 0 Å². The molecular formula is C21H32N4O2. The summed E-state index contributed by atoms with van der Waals surface area (Å²) in [5.74, 6) is 1.44. The summed E-state index contributed by atoms with van der Waals surface area (Å²) in [7, 11) is 0. The van der Waals surface area contributed by atoms with Crippen LogP contribution in [-0.2, 0) is 16.1 Å². The van der Waals surface area contributed by atoms with Crippen molar-refractivity contribution in [3.63, 3.8) is 0 Å². The minimum Gasteiger partial charge on any atom is -0.342 e. The Morgan fingerprint density at radius 2 is 2.00 bits per heavy atom. The Labute approximate surface area is 161 Å². The van der Waals surface area contributed by atoms with Crippen molar-refractivity contribution < 1.29 is 9.59 Å². The molecule has 1 aliphatic carbocycles. The summed E-state index contributed by atoms with van der Waals surface area (Å²) in [6, 6.07) is 0.442. The van der Waals surface area contributed by atoms with E-state index in [0.717, 1.165) is 51.0 Å². The lowest BCUT2D eigenvalue weighted by Gasteiger charge is -2.44. The van der Waals surface area contributed by atoms with E-state index in [1.165, 1.54) is 19.3 Å². The predicted octanol–water partition coefficient (Wildman–Crippen LogP) is 2.76. The van der Waals surface area contributed by atoms with Crippen LogP contribution in [0, 0.1) is 12.3 Å². The number of likely N-dealkylation sites (tertiary alicyclic amines) is 2. The van der Waals surface area contributed by atoms with Crippen LogP contribution in [0.5, 0.6) is 0 Å². The monoisotopic (exact) mass is 372 g/mol. The van der Waals surface area contributed by atoms with Crippen molar-refractivity contribution in [2.45, 2.75) is 77.3 Å². The highest BCUT2D eigenvalue weighted by atomic mass is 16.2. The number of nitrogens with zero attached hydrogens (tertiary/aromatic N) is 4. The molecule has 3 fully saturated rings. The number of carbonyl (C=O) groups excluding carboxylic acids is 2. The largest absolute Gasteiger partial charge is 0.342 e. The number of amides is 2. The Morgan fingerprint density at radius 1 is 1.19 bits per heavy atom. The number of piperidine rings is 1. The molecule has 148 valence electrons. The lowest BCUT2D eigenvalue weighted by Crippen LogP contribution is -2.54. The maximum Gasteiger partial charge on any atom is 0.230 e. The molecule has 3 aliphatic rings. The van der Waals surface area contributed by atoms with Gasteiger partial charge in [-0.3, -0.25) is 9.59 Å². The molecule has 0 N–H and O–H groups in total. The summed E-state index contributed by atoms with van der Waals surface area (Å²) in [6.45, 7) is 4.88. The number of carbonyl (C=O) groups is 2. The van der Waals surface area contributed by atoms with Crippen molar-refractivity contribution in [2.24, 2.45) is 5.41 Å². The van der Waals surface area contributed by atoms with E-state index in [4.69, 9.17) is 0 Å². The molecule has 6 nitrogen and oxygen atoms in total. The fourth-order valence-corrected chi connectivity index (χ4v) is 5.32. The molecule has 2 saturated heterocycles. The van der Waals surface area contributed by atoms with Gasteiger partial charge < -0.3 is 14.4 Å². The molecule has 1 spiro atoms. The Hall–Kier alpha value is -1.85. The van der Waals surface area contributed by atoms with E-state index in [2.05, 4.69) is 9.88 Å². The van der Waals surface area contributed by atoms with Gasteiger partial charge >= 0.3 is 0 Å². The highest BCUT2D eigenvalue weighted by Gasteiger charge is 2.50.